The molecule has 0 fully saturated rings. The predicted molar refractivity (Wildman–Crippen MR) is 79.0 cm³/mol. The smallest absolute Gasteiger partial charge is 0.0811 e. The van der Waals surface area contributed by atoms with Crippen molar-refractivity contribution in [1.82, 2.24) is 0 Å². The summed E-state index contributed by atoms with van der Waals surface area (Å²) < 4.78 is 0. The lowest BCUT2D eigenvalue weighted by Crippen LogP contribution is -1.85. The minimum absolute atomic E-state index is 0.705. The zero-order valence-electron chi connectivity index (χ0n) is 10.2. The van der Waals surface area contributed by atoms with Crippen LogP contribution in [0.2, 0.25) is 5.02 Å². The van der Waals surface area contributed by atoms with Gasteiger partial charge in [-0.05, 0) is 37.0 Å². The fourth-order valence-corrected chi connectivity index (χ4v) is 1.95. The van der Waals surface area contributed by atoms with Crippen molar-refractivity contribution in [1.29, 1.82) is 0 Å². The van der Waals surface area contributed by atoms with Crippen LogP contribution < -0.4 is 0 Å². The van der Waals surface area contributed by atoms with Gasteiger partial charge >= 0.3 is 0 Å². The first-order valence-electron chi connectivity index (χ1n) is 6.17. The zero-order valence-corrected chi connectivity index (χ0v) is 11.0. The molecule has 0 N–H and O–H groups in total. The molecule has 0 aliphatic carbocycles. The number of benzene rings is 2. The van der Waals surface area contributed by atoms with Gasteiger partial charge in [0.25, 0.3) is 0 Å². The summed E-state index contributed by atoms with van der Waals surface area (Å²) in [6.45, 7) is 0. The Morgan fingerprint density at radius 1 is 0.944 bits per heavy atom. The van der Waals surface area contributed by atoms with Crippen LogP contribution in [0.1, 0.15) is 18.4 Å². The number of para-hydroxylation sites is 1. The van der Waals surface area contributed by atoms with Gasteiger partial charge in [-0.15, -0.1) is 0 Å². The molecular weight excluding hydrogens is 242 g/mol. The standard InChI is InChI=1S/C16H16ClN/c17-15-11-4-5-12-16(15)18-13-7-6-10-14-8-2-1-3-9-14/h1-5,8-9,11-13H,6-7,10H2. The number of aryl methyl sites for hydroxylation is 1. The lowest BCUT2D eigenvalue weighted by molar-refractivity contribution is 0.874. The molecule has 0 radical (unpaired) electrons. The van der Waals surface area contributed by atoms with Gasteiger partial charge in [0.05, 0.1) is 10.7 Å². The van der Waals surface area contributed by atoms with Gasteiger partial charge in [0.1, 0.15) is 0 Å². The fraction of sp³-hybridized carbons (Fsp3) is 0.188. The largest absolute Gasteiger partial charge is 0.260 e. The maximum Gasteiger partial charge on any atom is 0.0811 e. The van der Waals surface area contributed by atoms with E-state index in [1.807, 2.05) is 36.5 Å². The Morgan fingerprint density at radius 2 is 1.67 bits per heavy atom. The molecule has 0 unspecified atom stereocenters. The fourth-order valence-electron chi connectivity index (χ4n) is 1.76. The van der Waals surface area contributed by atoms with Crippen LogP contribution in [0.15, 0.2) is 59.6 Å². The van der Waals surface area contributed by atoms with Crippen LogP contribution in [0.25, 0.3) is 0 Å². The van der Waals surface area contributed by atoms with Gasteiger partial charge in [-0.3, -0.25) is 4.99 Å². The van der Waals surface area contributed by atoms with E-state index in [9.17, 15) is 0 Å². The summed E-state index contributed by atoms with van der Waals surface area (Å²) in [7, 11) is 0. The van der Waals surface area contributed by atoms with Gasteiger partial charge in [-0.1, -0.05) is 54.1 Å². The van der Waals surface area contributed by atoms with Crippen LogP contribution in [-0.2, 0) is 6.42 Å². The average molecular weight is 258 g/mol. The van der Waals surface area contributed by atoms with Crippen molar-refractivity contribution in [2.24, 2.45) is 4.99 Å². The number of nitrogens with zero attached hydrogens (tertiary/aromatic N) is 1. The third-order valence-corrected chi connectivity index (χ3v) is 3.04. The van der Waals surface area contributed by atoms with Crippen LogP contribution in [0, 0.1) is 0 Å². The summed E-state index contributed by atoms with van der Waals surface area (Å²) in [5.41, 5.74) is 2.22. The summed E-state index contributed by atoms with van der Waals surface area (Å²) in [4.78, 5) is 4.38. The first kappa shape index (κ1) is 12.8. The van der Waals surface area contributed by atoms with Gasteiger partial charge < -0.3 is 0 Å². The number of halogens is 1. The molecule has 2 aromatic carbocycles. The van der Waals surface area contributed by atoms with Gasteiger partial charge in [0, 0.05) is 6.21 Å². The van der Waals surface area contributed by atoms with E-state index in [0.717, 1.165) is 24.9 Å². The molecule has 0 saturated carbocycles. The molecule has 92 valence electrons. The van der Waals surface area contributed by atoms with Crippen molar-refractivity contribution in [3.05, 3.63) is 65.2 Å². The summed E-state index contributed by atoms with van der Waals surface area (Å²) in [5.74, 6) is 0. The molecule has 0 aromatic heterocycles. The highest BCUT2D eigenvalue weighted by Crippen LogP contribution is 2.23. The second-order valence-corrected chi connectivity index (χ2v) is 4.55. The SMILES string of the molecule is Clc1ccccc1N=CCCCc1ccccc1. The number of rotatable bonds is 5. The summed E-state index contributed by atoms with van der Waals surface area (Å²) in [6, 6.07) is 18.2. The molecule has 2 heteroatoms. The van der Waals surface area contributed by atoms with Gasteiger partial charge in [-0.25, -0.2) is 0 Å². The summed E-state index contributed by atoms with van der Waals surface area (Å²) in [5, 5.41) is 0.705. The van der Waals surface area contributed by atoms with E-state index in [2.05, 4.69) is 29.3 Å². The number of unbranched alkanes of at least 4 members (excludes halogenated alkanes) is 1. The predicted octanol–water partition coefficient (Wildman–Crippen LogP) is 5.07. The van der Waals surface area contributed by atoms with Crippen LogP contribution in [0.4, 0.5) is 5.69 Å². The van der Waals surface area contributed by atoms with Crippen molar-refractivity contribution in [2.75, 3.05) is 0 Å². The third kappa shape index (κ3) is 4.01. The Morgan fingerprint density at radius 3 is 2.44 bits per heavy atom. The maximum atomic E-state index is 6.02. The molecule has 0 atom stereocenters. The second-order valence-electron chi connectivity index (χ2n) is 4.14. The van der Waals surface area contributed by atoms with E-state index < -0.39 is 0 Å². The highest BCUT2D eigenvalue weighted by Gasteiger charge is 1.94. The van der Waals surface area contributed by atoms with E-state index in [4.69, 9.17) is 11.6 Å². The van der Waals surface area contributed by atoms with Crippen molar-refractivity contribution < 1.29 is 0 Å². The van der Waals surface area contributed by atoms with Gasteiger partial charge in [-0.2, -0.15) is 0 Å². The molecule has 0 heterocycles. The van der Waals surface area contributed by atoms with Crippen LogP contribution in [-0.4, -0.2) is 6.21 Å². The molecule has 18 heavy (non-hydrogen) atoms. The Balaban J connectivity index is 1.77. The van der Waals surface area contributed by atoms with E-state index in [0.29, 0.717) is 5.02 Å². The minimum Gasteiger partial charge on any atom is -0.260 e. The van der Waals surface area contributed by atoms with Crippen molar-refractivity contribution in [2.45, 2.75) is 19.3 Å². The maximum absolute atomic E-state index is 6.02. The summed E-state index contributed by atoms with van der Waals surface area (Å²) >= 11 is 6.02. The van der Waals surface area contributed by atoms with Crippen molar-refractivity contribution in [3.8, 4) is 0 Å². The number of hydrogen-bond donors (Lipinski definition) is 0. The second kappa shape index (κ2) is 6.97. The lowest BCUT2D eigenvalue weighted by atomic mass is 10.1. The van der Waals surface area contributed by atoms with Crippen LogP contribution >= 0.6 is 11.6 Å². The molecular formula is C16H16ClN. The molecule has 0 bridgehead atoms. The number of hydrogen-bond acceptors (Lipinski definition) is 1. The van der Waals surface area contributed by atoms with E-state index in [1.54, 1.807) is 0 Å². The monoisotopic (exact) mass is 257 g/mol. The molecule has 0 spiro atoms. The Labute approximate surface area is 113 Å². The molecule has 0 amide bonds. The normalized spacial score (nSPS) is 10.9. The van der Waals surface area contributed by atoms with Gasteiger partial charge in [0.2, 0.25) is 0 Å². The topological polar surface area (TPSA) is 12.4 Å². The van der Waals surface area contributed by atoms with Gasteiger partial charge in [0.15, 0.2) is 0 Å². The molecule has 1 nitrogen and oxygen atoms in total. The lowest BCUT2D eigenvalue weighted by Gasteiger charge is -1.98. The first-order valence-corrected chi connectivity index (χ1v) is 6.55. The number of aliphatic imine (C=N–C) groups is 1. The van der Waals surface area contributed by atoms with Crippen LogP contribution in [0.3, 0.4) is 0 Å². The highest BCUT2D eigenvalue weighted by atomic mass is 35.5. The molecule has 2 rings (SSSR count). The zero-order chi connectivity index (χ0) is 12.6. The van der Waals surface area contributed by atoms with Crippen molar-refractivity contribution in [3.63, 3.8) is 0 Å². The van der Waals surface area contributed by atoms with E-state index in [1.165, 1.54) is 5.56 Å². The summed E-state index contributed by atoms with van der Waals surface area (Å²) in [6.07, 6.45) is 5.12. The quantitative estimate of drug-likeness (QED) is 0.524. The Bertz CT molecular complexity index is 506. The Kier molecular flexibility index (Phi) is 4.98. The third-order valence-electron chi connectivity index (χ3n) is 2.72. The molecule has 0 aliphatic heterocycles. The van der Waals surface area contributed by atoms with E-state index >= 15 is 0 Å². The van der Waals surface area contributed by atoms with E-state index in [-0.39, 0.29) is 0 Å². The Hall–Kier alpha value is -1.60. The molecule has 2 aromatic rings. The molecule has 0 saturated heterocycles. The van der Waals surface area contributed by atoms with Crippen molar-refractivity contribution >= 4 is 23.5 Å². The van der Waals surface area contributed by atoms with Crippen LogP contribution in [0.5, 0.6) is 0 Å². The molecule has 0 aliphatic rings. The minimum atomic E-state index is 0.705. The highest BCUT2D eigenvalue weighted by molar-refractivity contribution is 6.33. The average Bonchev–Trinajstić information content (AvgIpc) is 2.42. The first-order chi connectivity index (χ1) is 8.86.